The minimum Gasteiger partial charge on any atom is -0.377 e. The Morgan fingerprint density at radius 2 is 2.50 bits per heavy atom. The molecule has 0 radical (unpaired) electrons. The van der Waals surface area contributed by atoms with Crippen molar-refractivity contribution in [2.75, 3.05) is 24.7 Å². The number of rotatable bonds is 2. The van der Waals surface area contributed by atoms with Gasteiger partial charge in [0.2, 0.25) is 5.91 Å². The van der Waals surface area contributed by atoms with Gasteiger partial charge in [-0.05, 0) is 28.1 Å². The van der Waals surface area contributed by atoms with Gasteiger partial charge in [-0.3, -0.25) is 4.79 Å². The lowest BCUT2D eigenvalue weighted by atomic mass is 10.2. The summed E-state index contributed by atoms with van der Waals surface area (Å²) in [6, 6.07) is 3.27. The smallest absolute Gasteiger partial charge is 0.242 e. The second kappa shape index (κ2) is 4.80. The fourth-order valence-electron chi connectivity index (χ4n) is 1.68. The van der Waals surface area contributed by atoms with Gasteiger partial charge in [0.1, 0.15) is 11.9 Å². The number of hydrogen-bond acceptors (Lipinski definition) is 4. The Kier molecular flexibility index (Phi) is 3.40. The third kappa shape index (κ3) is 2.17. The highest BCUT2D eigenvalue weighted by Crippen LogP contribution is 2.25. The Hall–Kier alpha value is -1.14. The number of hydrogen-bond donors (Lipinski definition) is 1. The first-order valence-electron chi connectivity index (χ1n) is 4.94. The van der Waals surface area contributed by atoms with Crippen LogP contribution in [-0.4, -0.2) is 36.7 Å². The van der Waals surface area contributed by atoms with Gasteiger partial charge < -0.3 is 15.4 Å². The normalized spacial score (nSPS) is 20.8. The van der Waals surface area contributed by atoms with E-state index >= 15 is 0 Å². The highest BCUT2D eigenvalue weighted by atomic mass is 79.9. The number of carbonyl (C=O) groups is 1. The lowest BCUT2D eigenvalue weighted by Gasteiger charge is -2.34. The van der Waals surface area contributed by atoms with Crippen LogP contribution in [0.3, 0.4) is 0 Å². The van der Waals surface area contributed by atoms with Crippen molar-refractivity contribution in [1.29, 1.82) is 0 Å². The van der Waals surface area contributed by atoms with Gasteiger partial charge in [0.05, 0.1) is 17.7 Å². The number of ether oxygens (including phenoxy) is 1. The summed E-state index contributed by atoms with van der Waals surface area (Å²) in [5.74, 6) is 0.340. The quantitative estimate of drug-likeness (QED) is 0.861. The van der Waals surface area contributed by atoms with Gasteiger partial charge in [0.25, 0.3) is 0 Å². The molecule has 1 aliphatic heterocycles. The molecule has 2 rings (SSSR count). The average Bonchev–Trinajstić information content (AvgIpc) is 2.29. The van der Waals surface area contributed by atoms with Crippen molar-refractivity contribution >= 4 is 27.7 Å². The van der Waals surface area contributed by atoms with E-state index in [0.717, 1.165) is 10.3 Å². The van der Waals surface area contributed by atoms with Crippen LogP contribution >= 0.6 is 15.9 Å². The molecular weight excluding hydrogens is 274 g/mol. The molecule has 6 heteroatoms. The highest BCUT2D eigenvalue weighted by Gasteiger charge is 2.29. The van der Waals surface area contributed by atoms with Crippen LogP contribution in [0, 0.1) is 0 Å². The number of halogens is 1. The van der Waals surface area contributed by atoms with E-state index in [9.17, 15) is 4.79 Å². The number of primary amides is 1. The molecule has 1 aromatic heterocycles. The van der Waals surface area contributed by atoms with Crippen molar-refractivity contribution in [2.45, 2.75) is 6.04 Å². The Morgan fingerprint density at radius 3 is 3.19 bits per heavy atom. The molecule has 1 amide bonds. The van der Waals surface area contributed by atoms with E-state index in [-0.39, 0.29) is 0 Å². The van der Waals surface area contributed by atoms with E-state index in [2.05, 4.69) is 20.9 Å². The number of nitrogens with zero attached hydrogens (tertiary/aromatic N) is 2. The number of nitrogens with two attached hydrogens (primary N) is 1. The predicted octanol–water partition coefficient (Wildman–Crippen LogP) is 0.535. The summed E-state index contributed by atoms with van der Waals surface area (Å²) in [5, 5.41) is 0. The number of morpholine rings is 1. The fourth-order valence-corrected chi connectivity index (χ4v) is 2.16. The van der Waals surface area contributed by atoms with Crippen LogP contribution in [-0.2, 0) is 9.53 Å². The first-order valence-corrected chi connectivity index (χ1v) is 5.73. The Bertz CT molecular complexity index is 399. The SMILES string of the molecule is NC(=O)C1COCCN1c1ncccc1Br. The average molecular weight is 286 g/mol. The molecule has 1 aromatic rings. The molecule has 0 aliphatic carbocycles. The fraction of sp³-hybridized carbons (Fsp3) is 0.400. The van der Waals surface area contributed by atoms with Crippen molar-refractivity contribution in [2.24, 2.45) is 5.73 Å². The molecule has 2 N–H and O–H groups in total. The number of anilines is 1. The Balaban J connectivity index is 2.30. The van der Waals surface area contributed by atoms with E-state index in [4.69, 9.17) is 10.5 Å². The zero-order valence-corrected chi connectivity index (χ0v) is 10.2. The summed E-state index contributed by atoms with van der Waals surface area (Å²) >= 11 is 3.41. The lowest BCUT2D eigenvalue weighted by Crippen LogP contribution is -2.53. The maximum absolute atomic E-state index is 11.3. The van der Waals surface area contributed by atoms with Gasteiger partial charge in [0.15, 0.2) is 0 Å². The second-order valence-electron chi connectivity index (χ2n) is 3.50. The van der Waals surface area contributed by atoms with E-state index < -0.39 is 11.9 Å². The van der Waals surface area contributed by atoms with Crippen molar-refractivity contribution in [3.05, 3.63) is 22.8 Å². The molecule has 0 spiro atoms. The molecule has 2 heterocycles. The van der Waals surface area contributed by atoms with Crippen LogP contribution in [0.15, 0.2) is 22.8 Å². The topological polar surface area (TPSA) is 68.5 Å². The number of pyridine rings is 1. The van der Waals surface area contributed by atoms with Gasteiger partial charge in [-0.1, -0.05) is 0 Å². The lowest BCUT2D eigenvalue weighted by molar-refractivity contribution is -0.121. The van der Waals surface area contributed by atoms with Gasteiger partial charge in [-0.25, -0.2) is 4.98 Å². The molecule has 1 unspecified atom stereocenters. The molecular formula is C10H12BrN3O2. The Labute approximate surface area is 102 Å². The van der Waals surface area contributed by atoms with E-state index in [1.54, 1.807) is 6.20 Å². The number of carbonyl (C=O) groups excluding carboxylic acids is 1. The molecule has 86 valence electrons. The zero-order chi connectivity index (χ0) is 11.5. The largest absolute Gasteiger partial charge is 0.377 e. The van der Waals surface area contributed by atoms with Crippen LogP contribution in [0.1, 0.15) is 0 Å². The predicted molar refractivity (Wildman–Crippen MR) is 63.1 cm³/mol. The van der Waals surface area contributed by atoms with Crippen LogP contribution in [0.2, 0.25) is 0 Å². The van der Waals surface area contributed by atoms with Crippen LogP contribution < -0.4 is 10.6 Å². The third-order valence-electron chi connectivity index (χ3n) is 2.47. The Morgan fingerprint density at radius 1 is 1.69 bits per heavy atom. The van der Waals surface area contributed by atoms with Gasteiger partial charge in [-0.2, -0.15) is 0 Å². The standard InChI is InChI=1S/C10H12BrN3O2/c11-7-2-1-3-13-10(7)14-4-5-16-6-8(14)9(12)15/h1-3,8H,4-6H2,(H2,12,15). The maximum Gasteiger partial charge on any atom is 0.242 e. The summed E-state index contributed by atoms with van der Waals surface area (Å²) < 4.78 is 6.10. The molecule has 1 fully saturated rings. The summed E-state index contributed by atoms with van der Waals surface area (Å²) in [7, 11) is 0. The van der Waals surface area contributed by atoms with Crippen molar-refractivity contribution in [3.63, 3.8) is 0 Å². The molecule has 0 bridgehead atoms. The van der Waals surface area contributed by atoms with Crippen molar-refractivity contribution < 1.29 is 9.53 Å². The first kappa shape index (κ1) is 11.3. The zero-order valence-electron chi connectivity index (χ0n) is 8.60. The molecule has 0 saturated carbocycles. The maximum atomic E-state index is 11.3. The monoisotopic (exact) mass is 285 g/mol. The van der Waals surface area contributed by atoms with Gasteiger partial charge >= 0.3 is 0 Å². The van der Waals surface area contributed by atoms with Crippen molar-refractivity contribution in [3.8, 4) is 0 Å². The number of aromatic nitrogens is 1. The summed E-state index contributed by atoms with van der Waals surface area (Å²) in [5.41, 5.74) is 5.34. The molecule has 1 atom stereocenters. The van der Waals surface area contributed by atoms with Crippen LogP contribution in [0.25, 0.3) is 0 Å². The van der Waals surface area contributed by atoms with E-state index in [1.165, 1.54) is 0 Å². The van der Waals surface area contributed by atoms with E-state index in [1.807, 2.05) is 17.0 Å². The van der Waals surface area contributed by atoms with Crippen LogP contribution in [0.5, 0.6) is 0 Å². The highest BCUT2D eigenvalue weighted by molar-refractivity contribution is 9.10. The third-order valence-corrected chi connectivity index (χ3v) is 3.09. The minimum absolute atomic E-state index is 0.318. The van der Waals surface area contributed by atoms with Crippen LogP contribution in [0.4, 0.5) is 5.82 Å². The molecule has 1 saturated heterocycles. The summed E-state index contributed by atoms with van der Waals surface area (Å²) in [4.78, 5) is 17.4. The summed E-state index contributed by atoms with van der Waals surface area (Å²) in [6.07, 6.45) is 1.69. The van der Waals surface area contributed by atoms with Crippen molar-refractivity contribution in [1.82, 2.24) is 4.98 Å². The van der Waals surface area contributed by atoms with Gasteiger partial charge in [0, 0.05) is 12.7 Å². The second-order valence-corrected chi connectivity index (χ2v) is 4.35. The van der Waals surface area contributed by atoms with Gasteiger partial charge in [-0.15, -0.1) is 0 Å². The molecule has 0 aromatic carbocycles. The number of amides is 1. The minimum atomic E-state index is -0.444. The van der Waals surface area contributed by atoms with E-state index in [0.29, 0.717) is 19.8 Å². The first-order chi connectivity index (χ1) is 7.70. The molecule has 16 heavy (non-hydrogen) atoms. The molecule has 5 nitrogen and oxygen atoms in total. The molecule has 1 aliphatic rings. The summed E-state index contributed by atoms with van der Waals surface area (Å²) in [6.45, 7) is 1.51.